The summed E-state index contributed by atoms with van der Waals surface area (Å²) in [5, 5.41) is 3.49. The van der Waals surface area contributed by atoms with E-state index in [2.05, 4.69) is 17.1 Å². The van der Waals surface area contributed by atoms with Gasteiger partial charge < -0.3 is 19.7 Å². The minimum Gasteiger partial charge on any atom is -0.381 e. The Bertz CT molecular complexity index is 421. The summed E-state index contributed by atoms with van der Waals surface area (Å²) in [5.41, 5.74) is 0.600. The number of halogens is 1. The van der Waals surface area contributed by atoms with Crippen LogP contribution in [0.15, 0.2) is 4.99 Å². The predicted molar refractivity (Wildman–Crippen MR) is 117 cm³/mol. The molecule has 1 aliphatic carbocycles. The van der Waals surface area contributed by atoms with Gasteiger partial charge in [0, 0.05) is 52.6 Å². The van der Waals surface area contributed by atoms with Crippen molar-refractivity contribution in [2.45, 2.75) is 58.3 Å². The first-order valence-corrected chi connectivity index (χ1v) is 10.5. The number of aliphatic imine (C=N–C) groups is 1. The van der Waals surface area contributed by atoms with Crippen molar-refractivity contribution in [2.24, 2.45) is 16.3 Å². The Hall–Kier alpha value is -0.0800. The van der Waals surface area contributed by atoms with Gasteiger partial charge >= 0.3 is 0 Å². The summed E-state index contributed by atoms with van der Waals surface area (Å²) in [4.78, 5) is 7.36. The topological polar surface area (TPSA) is 46.1 Å². The number of ether oxygens (including phenoxy) is 2. The van der Waals surface area contributed by atoms with Crippen LogP contribution in [-0.2, 0) is 9.47 Å². The lowest BCUT2D eigenvalue weighted by atomic mass is 9.86. The van der Waals surface area contributed by atoms with Crippen LogP contribution in [0.3, 0.4) is 0 Å². The van der Waals surface area contributed by atoms with E-state index in [4.69, 9.17) is 14.5 Å². The van der Waals surface area contributed by atoms with Gasteiger partial charge in [-0.15, -0.1) is 24.0 Å². The first kappa shape index (κ1) is 22.2. The van der Waals surface area contributed by atoms with Gasteiger partial charge in [0.2, 0.25) is 0 Å². The Kier molecular flexibility index (Phi) is 9.99. The second kappa shape index (κ2) is 11.7. The minimum absolute atomic E-state index is 0. The van der Waals surface area contributed by atoms with Crippen molar-refractivity contribution < 1.29 is 9.47 Å². The van der Waals surface area contributed by atoms with Crippen LogP contribution >= 0.6 is 24.0 Å². The van der Waals surface area contributed by atoms with E-state index in [0.29, 0.717) is 11.3 Å². The third kappa shape index (κ3) is 6.51. The lowest BCUT2D eigenvalue weighted by Crippen LogP contribution is -2.41. The summed E-state index contributed by atoms with van der Waals surface area (Å²) in [6.07, 6.45) is 10.4. The first-order chi connectivity index (χ1) is 12.3. The van der Waals surface area contributed by atoms with E-state index in [0.717, 1.165) is 64.7 Å². The van der Waals surface area contributed by atoms with Gasteiger partial charge in [-0.05, 0) is 56.8 Å². The molecule has 5 nitrogen and oxygen atoms in total. The van der Waals surface area contributed by atoms with Crippen LogP contribution in [0.2, 0.25) is 0 Å². The summed E-state index contributed by atoms with van der Waals surface area (Å²) < 4.78 is 11.3. The van der Waals surface area contributed by atoms with E-state index in [1.54, 1.807) is 0 Å². The fourth-order valence-electron chi connectivity index (χ4n) is 4.59. The highest BCUT2D eigenvalue weighted by Gasteiger charge is 2.41. The number of nitrogens with zero attached hydrogens (tertiary/aromatic N) is 2. The van der Waals surface area contributed by atoms with Crippen LogP contribution in [-0.4, -0.2) is 63.5 Å². The van der Waals surface area contributed by atoms with Crippen LogP contribution in [0.1, 0.15) is 58.3 Å². The molecule has 3 fully saturated rings. The van der Waals surface area contributed by atoms with E-state index < -0.39 is 0 Å². The summed E-state index contributed by atoms with van der Waals surface area (Å²) in [6, 6.07) is 0. The van der Waals surface area contributed by atoms with E-state index >= 15 is 0 Å². The summed E-state index contributed by atoms with van der Waals surface area (Å²) in [6.45, 7) is 9.87. The van der Waals surface area contributed by atoms with Crippen molar-refractivity contribution in [2.75, 3.05) is 52.6 Å². The molecule has 0 aromatic rings. The van der Waals surface area contributed by atoms with Gasteiger partial charge in [-0.1, -0.05) is 12.8 Å². The predicted octanol–water partition coefficient (Wildman–Crippen LogP) is 3.67. The molecule has 3 rings (SSSR count). The van der Waals surface area contributed by atoms with Crippen LogP contribution in [0.25, 0.3) is 0 Å². The zero-order valence-corrected chi connectivity index (χ0v) is 18.8. The Morgan fingerprint density at radius 3 is 2.73 bits per heavy atom. The normalized spacial score (nSPS) is 23.4. The summed E-state index contributed by atoms with van der Waals surface area (Å²) in [5.74, 6) is 1.82. The van der Waals surface area contributed by atoms with Crippen LogP contribution in [0.5, 0.6) is 0 Å². The molecular weight excluding hydrogens is 441 g/mol. The monoisotopic (exact) mass is 479 g/mol. The van der Waals surface area contributed by atoms with E-state index in [1.165, 1.54) is 45.2 Å². The van der Waals surface area contributed by atoms with E-state index in [9.17, 15) is 0 Å². The largest absolute Gasteiger partial charge is 0.381 e. The fraction of sp³-hybridized carbons (Fsp3) is 0.950. The van der Waals surface area contributed by atoms with Crippen molar-refractivity contribution in [1.82, 2.24) is 10.2 Å². The van der Waals surface area contributed by atoms with Gasteiger partial charge in [0.25, 0.3) is 0 Å². The number of rotatable bonds is 7. The number of hydrogen-bond acceptors (Lipinski definition) is 3. The van der Waals surface area contributed by atoms with E-state index in [-0.39, 0.29) is 24.0 Å². The lowest BCUT2D eigenvalue weighted by molar-refractivity contribution is 0.0205. The smallest absolute Gasteiger partial charge is 0.193 e. The Morgan fingerprint density at radius 2 is 2.00 bits per heavy atom. The maximum absolute atomic E-state index is 5.86. The van der Waals surface area contributed by atoms with Crippen LogP contribution in [0.4, 0.5) is 0 Å². The second-order valence-corrected chi connectivity index (χ2v) is 8.10. The Labute approximate surface area is 176 Å². The average Bonchev–Trinajstić information content (AvgIpc) is 3.28. The molecule has 0 aromatic carbocycles. The highest BCUT2D eigenvalue weighted by Crippen LogP contribution is 2.45. The highest BCUT2D eigenvalue weighted by atomic mass is 127. The summed E-state index contributed by atoms with van der Waals surface area (Å²) in [7, 11) is 0. The molecule has 0 radical (unpaired) electrons. The van der Waals surface area contributed by atoms with Crippen LogP contribution < -0.4 is 5.32 Å². The van der Waals surface area contributed by atoms with Crippen molar-refractivity contribution in [3.05, 3.63) is 0 Å². The molecular formula is C20H38IN3O2. The molecule has 0 unspecified atom stereocenters. The molecule has 1 N–H and O–H groups in total. The number of hydrogen-bond donors (Lipinski definition) is 1. The lowest BCUT2D eigenvalue weighted by Gasteiger charge is -2.26. The van der Waals surface area contributed by atoms with Crippen molar-refractivity contribution in [3.8, 4) is 0 Å². The molecule has 2 aliphatic heterocycles. The Morgan fingerprint density at radius 1 is 1.23 bits per heavy atom. The van der Waals surface area contributed by atoms with Crippen molar-refractivity contribution in [1.29, 1.82) is 0 Å². The first-order valence-electron chi connectivity index (χ1n) is 10.5. The molecule has 1 saturated carbocycles. The molecule has 2 heterocycles. The minimum atomic E-state index is 0. The van der Waals surface area contributed by atoms with Crippen LogP contribution in [0, 0.1) is 11.3 Å². The third-order valence-electron chi connectivity index (χ3n) is 6.14. The van der Waals surface area contributed by atoms with Gasteiger partial charge in [-0.3, -0.25) is 4.99 Å². The standard InChI is InChI=1S/C20H37N3O2.HI/c1-2-21-19(23-12-10-20(17-23)8-3-4-9-20)22-11-5-13-25-16-18-6-14-24-15-7-18;/h18H,2-17H2,1H3,(H,21,22);1H. The maximum atomic E-state index is 5.86. The quantitative estimate of drug-likeness (QED) is 0.262. The van der Waals surface area contributed by atoms with E-state index in [1.807, 2.05) is 0 Å². The average molecular weight is 479 g/mol. The Balaban J connectivity index is 0.00000243. The van der Waals surface area contributed by atoms with Gasteiger partial charge in [0.05, 0.1) is 0 Å². The number of nitrogens with one attached hydrogen (secondary N) is 1. The fourth-order valence-corrected chi connectivity index (χ4v) is 4.59. The number of likely N-dealkylation sites (tertiary alicyclic amines) is 1. The number of guanidine groups is 1. The molecule has 0 aromatic heterocycles. The maximum Gasteiger partial charge on any atom is 0.193 e. The molecule has 2 saturated heterocycles. The van der Waals surface area contributed by atoms with Crippen molar-refractivity contribution in [3.63, 3.8) is 0 Å². The molecule has 0 atom stereocenters. The molecule has 26 heavy (non-hydrogen) atoms. The van der Waals surface area contributed by atoms with Crippen molar-refractivity contribution >= 4 is 29.9 Å². The molecule has 0 bridgehead atoms. The SMILES string of the molecule is CCNC(=NCCCOCC1CCOCC1)N1CCC2(CCCC2)C1.I. The van der Waals surface area contributed by atoms with Gasteiger partial charge in [0.15, 0.2) is 5.96 Å². The zero-order valence-electron chi connectivity index (χ0n) is 16.5. The zero-order chi connectivity index (χ0) is 17.4. The molecule has 6 heteroatoms. The summed E-state index contributed by atoms with van der Waals surface area (Å²) >= 11 is 0. The molecule has 1 spiro atoms. The highest BCUT2D eigenvalue weighted by molar-refractivity contribution is 14.0. The molecule has 152 valence electrons. The third-order valence-corrected chi connectivity index (χ3v) is 6.14. The van der Waals surface area contributed by atoms with Gasteiger partial charge in [-0.25, -0.2) is 0 Å². The second-order valence-electron chi connectivity index (χ2n) is 8.10. The molecule has 3 aliphatic rings. The molecule has 0 amide bonds. The van der Waals surface area contributed by atoms with Gasteiger partial charge in [0.1, 0.15) is 0 Å². The van der Waals surface area contributed by atoms with Gasteiger partial charge in [-0.2, -0.15) is 0 Å².